The van der Waals surface area contributed by atoms with E-state index in [2.05, 4.69) is 4.74 Å². The van der Waals surface area contributed by atoms with Gasteiger partial charge in [-0.15, -0.1) is 13.2 Å². The summed E-state index contributed by atoms with van der Waals surface area (Å²) in [5.74, 6) is -0.930. The van der Waals surface area contributed by atoms with Crippen LogP contribution in [0.25, 0.3) is 11.1 Å². The summed E-state index contributed by atoms with van der Waals surface area (Å²) in [6.07, 6.45) is -4.77. The normalized spacial score (nSPS) is 11.0. The van der Waals surface area contributed by atoms with E-state index >= 15 is 0 Å². The molecule has 0 aliphatic heterocycles. The third kappa shape index (κ3) is 3.96. The Balaban J connectivity index is 2.45. The quantitative estimate of drug-likeness (QED) is 0.783. The van der Waals surface area contributed by atoms with Crippen LogP contribution in [0.4, 0.5) is 17.6 Å². The predicted octanol–water partition coefficient (Wildman–Crippen LogP) is 4.46. The lowest BCUT2D eigenvalue weighted by Crippen LogP contribution is -2.17. The van der Waals surface area contributed by atoms with Gasteiger partial charge in [-0.05, 0) is 41.0 Å². The number of hydrogen-bond acceptors (Lipinski definition) is 2. The standard InChI is InChI=1S/C15H9F4NO/c16-12-5-4-10(6-7-20)14(9-12)11-2-1-3-13(8-11)21-15(17,18)19/h1-5,8-9H,6H2. The Morgan fingerprint density at radius 2 is 1.86 bits per heavy atom. The lowest BCUT2D eigenvalue weighted by Gasteiger charge is -2.12. The number of nitriles is 1. The Kier molecular flexibility index (Phi) is 4.13. The number of halogens is 4. The molecule has 0 saturated heterocycles. The molecule has 2 aromatic carbocycles. The Morgan fingerprint density at radius 3 is 2.52 bits per heavy atom. The highest BCUT2D eigenvalue weighted by Crippen LogP contribution is 2.30. The molecule has 0 saturated carbocycles. The molecular formula is C15H9F4NO. The van der Waals surface area contributed by atoms with Crippen molar-refractivity contribution in [1.82, 2.24) is 0 Å². The molecule has 0 radical (unpaired) electrons. The lowest BCUT2D eigenvalue weighted by molar-refractivity contribution is -0.274. The minimum Gasteiger partial charge on any atom is -0.406 e. The Morgan fingerprint density at radius 1 is 1.10 bits per heavy atom. The highest BCUT2D eigenvalue weighted by molar-refractivity contribution is 5.69. The molecular weight excluding hydrogens is 286 g/mol. The number of alkyl halides is 3. The maximum absolute atomic E-state index is 13.4. The second-order valence-corrected chi connectivity index (χ2v) is 4.21. The van der Waals surface area contributed by atoms with Crippen LogP contribution in [-0.4, -0.2) is 6.36 Å². The van der Waals surface area contributed by atoms with Crippen molar-refractivity contribution < 1.29 is 22.3 Å². The van der Waals surface area contributed by atoms with E-state index in [1.54, 1.807) is 0 Å². The van der Waals surface area contributed by atoms with Gasteiger partial charge in [0.15, 0.2) is 0 Å². The molecule has 108 valence electrons. The van der Waals surface area contributed by atoms with Crippen molar-refractivity contribution in [2.75, 3.05) is 0 Å². The van der Waals surface area contributed by atoms with E-state index in [1.165, 1.54) is 30.3 Å². The molecule has 2 nitrogen and oxygen atoms in total. The topological polar surface area (TPSA) is 33.0 Å². The van der Waals surface area contributed by atoms with Crippen LogP contribution in [-0.2, 0) is 6.42 Å². The van der Waals surface area contributed by atoms with Crippen molar-refractivity contribution in [3.05, 3.63) is 53.8 Å². The van der Waals surface area contributed by atoms with Crippen molar-refractivity contribution >= 4 is 0 Å². The van der Waals surface area contributed by atoms with Crippen LogP contribution in [0.1, 0.15) is 5.56 Å². The van der Waals surface area contributed by atoms with Gasteiger partial charge in [-0.2, -0.15) is 5.26 Å². The van der Waals surface area contributed by atoms with Crippen molar-refractivity contribution in [3.63, 3.8) is 0 Å². The summed E-state index contributed by atoms with van der Waals surface area (Å²) in [5.41, 5.74) is 1.24. The molecule has 0 spiro atoms. The minimum absolute atomic E-state index is 0.0277. The largest absolute Gasteiger partial charge is 0.573 e. The van der Waals surface area contributed by atoms with Gasteiger partial charge in [0.05, 0.1) is 12.5 Å². The average molecular weight is 295 g/mol. The van der Waals surface area contributed by atoms with Crippen LogP contribution >= 0.6 is 0 Å². The molecule has 0 N–H and O–H groups in total. The van der Waals surface area contributed by atoms with Gasteiger partial charge in [0, 0.05) is 0 Å². The number of benzene rings is 2. The molecule has 0 unspecified atom stereocenters. The van der Waals surface area contributed by atoms with Crippen LogP contribution in [0.3, 0.4) is 0 Å². The number of hydrogen-bond donors (Lipinski definition) is 0. The minimum atomic E-state index is -4.80. The molecule has 0 aromatic heterocycles. The first-order valence-electron chi connectivity index (χ1n) is 5.90. The molecule has 6 heteroatoms. The van der Waals surface area contributed by atoms with Gasteiger partial charge in [0.1, 0.15) is 11.6 Å². The molecule has 0 atom stereocenters. The summed E-state index contributed by atoms with van der Waals surface area (Å²) in [7, 11) is 0. The number of nitrogens with zero attached hydrogens (tertiary/aromatic N) is 1. The maximum atomic E-state index is 13.4. The maximum Gasteiger partial charge on any atom is 0.573 e. The third-order valence-electron chi connectivity index (χ3n) is 2.72. The van der Waals surface area contributed by atoms with Crippen LogP contribution in [0.5, 0.6) is 5.75 Å². The molecule has 21 heavy (non-hydrogen) atoms. The van der Waals surface area contributed by atoms with Crippen LogP contribution in [0.15, 0.2) is 42.5 Å². The SMILES string of the molecule is N#CCc1ccc(F)cc1-c1cccc(OC(F)(F)F)c1. The zero-order valence-electron chi connectivity index (χ0n) is 10.6. The fourth-order valence-electron chi connectivity index (χ4n) is 1.92. The predicted molar refractivity (Wildman–Crippen MR) is 67.8 cm³/mol. The first kappa shape index (κ1) is 14.9. The molecule has 0 heterocycles. The van der Waals surface area contributed by atoms with Gasteiger partial charge < -0.3 is 4.74 Å². The summed E-state index contributed by atoms with van der Waals surface area (Å²) in [4.78, 5) is 0. The summed E-state index contributed by atoms with van der Waals surface area (Å²) >= 11 is 0. The van der Waals surface area contributed by atoms with E-state index < -0.39 is 17.9 Å². The average Bonchev–Trinajstić information content (AvgIpc) is 2.39. The van der Waals surface area contributed by atoms with Crippen molar-refractivity contribution in [2.45, 2.75) is 12.8 Å². The van der Waals surface area contributed by atoms with Gasteiger partial charge >= 0.3 is 6.36 Å². The van der Waals surface area contributed by atoms with Gasteiger partial charge in [-0.3, -0.25) is 0 Å². The second kappa shape index (κ2) is 5.83. The summed E-state index contributed by atoms with van der Waals surface area (Å²) in [6.45, 7) is 0. The van der Waals surface area contributed by atoms with Crippen LogP contribution in [0, 0.1) is 17.1 Å². The monoisotopic (exact) mass is 295 g/mol. The lowest BCUT2D eigenvalue weighted by atomic mass is 9.98. The first-order valence-corrected chi connectivity index (χ1v) is 5.90. The zero-order valence-corrected chi connectivity index (χ0v) is 10.6. The van der Waals surface area contributed by atoms with E-state index in [0.717, 1.165) is 12.1 Å². The highest BCUT2D eigenvalue weighted by Gasteiger charge is 2.31. The molecule has 0 fully saturated rings. The van der Waals surface area contributed by atoms with Crippen molar-refractivity contribution in [3.8, 4) is 22.9 Å². The van der Waals surface area contributed by atoms with Gasteiger partial charge in [0.25, 0.3) is 0 Å². The summed E-state index contributed by atoms with van der Waals surface area (Å²) < 4.78 is 53.8. The first-order chi connectivity index (χ1) is 9.89. The molecule has 0 aliphatic carbocycles. The van der Waals surface area contributed by atoms with E-state index in [-0.39, 0.29) is 6.42 Å². The van der Waals surface area contributed by atoms with E-state index in [1.807, 2.05) is 6.07 Å². The Hall–Kier alpha value is -2.55. The summed E-state index contributed by atoms with van der Waals surface area (Å²) in [6, 6.07) is 11.0. The fourth-order valence-corrected chi connectivity index (χ4v) is 1.92. The Labute approximate surface area is 118 Å². The molecule has 0 amide bonds. The Bertz CT molecular complexity index is 689. The number of ether oxygens (including phenoxy) is 1. The zero-order chi connectivity index (χ0) is 15.5. The van der Waals surface area contributed by atoms with Crippen LogP contribution < -0.4 is 4.74 Å². The molecule has 0 bridgehead atoms. The van der Waals surface area contributed by atoms with Crippen LogP contribution in [0.2, 0.25) is 0 Å². The third-order valence-corrected chi connectivity index (χ3v) is 2.72. The van der Waals surface area contributed by atoms with Crippen molar-refractivity contribution in [1.29, 1.82) is 5.26 Å². The summed E-state index contributed by atoms with van der Waals surface area (Å²) in [5, 5.41) is 8.75. The number of rotatable bonds is 3. The van der Waals surface area contributed by atoms with Gasteiger partial charge in [-0.1, -0.05) is 18.2 Å². The van der Waals surface area contributed by atoms with E-state index in [9.17, 15) is 17.6 Å². The van der Waals surface area contributed by atoms with E-state index in [0.29, 0.717) is 16.7 Å². The fraction of sp³-hybridized carbons (Fsp3) is 0.133. The smallest absolute Gasteiger partial charge is 0.406 e. The van der Waals surface area contributed by atoms with Crippen molar-refractivity contribution in [2.24, 2.45) is 0 Å². The van der Waals surface area contributed by atoms with E-state index in [4.69, 9.17) is 5.26 Å². The second-order valence-electron chi connectivity index (χ2n) is 4.21. The molecule has 0 aliphatic rings. The molecule has 2 aromatic rings. The van der Waals surface area contributed by atoms with Gasteiger partial charge in [0.2, 0.25) is 0 Å². The highest BCUT2D eigenvalue weighted by atomic mass is 19.4. The van der Waals surface area contributed by atoms with Gasteiger partial charge in [-0.25, -0.2) is 4.39 Å². The molecule has 2 rings (SSSR count).